The van der Waals surface area contributed by atoms with E-state index < -0.39 is 24.0 Å². The number of ether oxygens (including phenoxy) is 1. The number of carboxylic acid groups (broad SMARTS) is 1. The summed E-state index contributed by atoms with van der Waals surface area (Å²) in [5, 5.41) is 9.81. The number of carbonyl (C=O) groups is 3. The Kier molecular flexibility index (Phi) is 6.40. The molecule has 1 aliphatic carbocycles. The topological polar surface area (TPSA) is 110 Å². The van der Waals surface area contributed by atoms with E-state index in [-0.39, 0.29) is 25.4 Å². The van der Waals surface area contributed by atoms with E-state index in [1.54, 1.807) is 30.3 Å². The highest BCUT2D eigenvalue weighted by molar-refractivity contribution is 5.95. The fourth-order valence-corrected chi connectivity index (χ4v) is 4.31. The number of hydrogen-bond donors (Lipinski definition) is 2. The first kappa shape index (κ1) is 22.1. The van der Waals surface area contributed by atoms with Crippen molar-refractivity contribution in [1.29, 1.82) is 0 Å². The first-order valence-corrected chi connectivity index (χ1v) is 10.7. The summed E-state index contributed by atoms with van der Waals surface area (Å²) in [5.74, 6) is -2.04. The Bertz CT molecular complexity index is 1130. The molecule has 1 unspecified atom stereocenters. The molecule has 3 aromatic rings. The lowest BCUT2D eigenvalue weighted by atomic mass is 9.98. The number of fused-ring (bicyclic) bond motifs is 3. The lowest BCUT2D eigenvalue weighted by Gasteiger charge is -2.29. The second-order valence-electron chi connectivity index (χ2n) is 7.87. The van der Waals surface area contributed by atoms with E-state index >= 15 is 0 Å². The Morgan fingerprint density at radius 1 is 0.879 bits per heavy atom. The highest BCUT2D eigenvalue weighted by Gasteiger charge is 2.34. The summed E-state index contributed by atoms with van der Waals surface area (Å²) in [6.45, 7) is 0.0539. The van der Waals surface area contributed by atoms with Gasteiger partial charge in [-0.25, -0.2) is 9.59 Å². The molecule has 0 heterocycles. The summed E-state index contributed by atoms with van der Waals surface area (Å²) in [4.78, 5) is 37.6. The number of carbonyl (C=O) groups excluding carboxylic acids is 2. The number of carboxylic acids is 1. The minimum atomic E-state index is -1.30. The Morgan fingerprint density at radius 2 is 1.42 bits per heavy atom. The number of para-hydroxylation sites is 1. The third kappa shape index (κ3) is 4.57. The lowest BCUT2D eigenvalue weighted by molar-refractivity contribution is -0.138. The van der Waals surface area contributed by atoms with E-state index in [9.17, 15) is 19.5 Å². The molecule has 3 aromatic carbocycles. The van der Waals surface area contributed by atoms with Gasteiger partial charge in [-0.3, -0.25) is 9.69 Å². The molecule has 0 bridgehead atoms. The largest absolute Gasteiger partial charge is 0.480 e. The molecule has 0 saturated heterocycles. The number of aliphatic carboxylic acids is 1. The second kappa shape index (κ2) is 9.56. The summed E-state index contributed by atoms with van der Waals surface area (Å²) in [6.07, 6.45) is -1.08. The summed E-state index contributed by atoms with van der Waals surface area (Å²) < 4.78 is 5.70. The van der Waals surface area contributed by atoms with Crippen molar-refractivity contribution in [2.75, 3.05) is 11.5 Å². The van der Waals surface area contributed by atoms with Crippen LogP contribution in [0.4, 0.5) is 10.5 Å². The van der Waals surface area contributed by atoms with Crippen molar-refractivity contribution in [1.82, 2.24) is 0 Å². The van der Waals surface area contributed by atoms with Gasteiger partial charge in [-0.2, -0.15) is 0 Å². The monoisotopic (exact) mass is 444 g/mol. The molecule has 0 radical (unpaired) electrons. The molecule has 2 amide bonds. The normalized spacial score (nSPS) is 13.0. The van der Waals surface area contributed by atoms with Gasteiger partial charge in [0.25, 0.3) is 0 Å². The zero-order valence-electron chi connectivity index (χ0n) is 17.9. The minimum Gasteiger partial charge on any atom is -0.480 e. The minimum absolute atomic E-state index is 0.0539. The van der Waals surface area contributed by atoms with Gasteiger partial charge in [-0.15, -0.1) is 0 Å². The molecule has 3 N–H and O–H groups in total. The number of amides is 2. The molecular weight excluding hydrogens is 420 g/mol. The fourth-order valence-electron chi connectivity index (χ4n) is 4.31. The van der Waals surface area contributed by atoms with E-state index in [1.807, 2.05) is 48.5 Å². The molecule has 7 nitrogen and oxygen atoms in total. The Balaban J connectivity index is 1.60. The molecule has 0 spiro atoms. The van der Waals surface area contributed by atoms with Crippen molar-refractivity contribution in [2.24, 2.45) is 5.73 Å². The highest BCUT2D eigenvalue weighted by Crippen LogP contribution is 2.44. The van der Waals surface area contributed by atoms with Crippen molar-refractivity contribution in [2.45, 2.75) is 24.8 Å². The van der Waals surface area contributed by atoms with E-state index in [0.29, 0.717) is 5.69 Å². The first-order chi connectivity index (χ1) is 16.0. The van der Waals surface area contributed by atoms with Crippen molar-refractivity contribution < 1.29 is 24.2 Å². The van der Waals surface area contributed by atoms with Crippen LogP contribution in [0.2, 0.25) is 0 Å². The Hall–Kier alpha value is -4.13. The number of nitrogens with two attached hydrogens (primary N) is 1. The van der Waals surface area contributed by atoms with Crippen LogP contribution < -0.4 is 10.6 Å². The molecular formula is C26H24N2O5. The maximum Gasteiger partial charge on any atom is 0.415 e. The SMILES string of the molecule is NC(=O)CCC(C(=O)O)N(C(=O)OCC1c2ccccc2-c2ccccc21)c1ccccc1. The van der Waals surface area contributed by atoms with Crippen LogP contribution in [0.5, 0.6) is 0 Å². The summed E-state index contributed by atoms with van der Waals surface area (Å²) >= 11 is 0. The highest BCUT2D eigenvalue weighted by atomic mass is 16.6. The van der Waals surface area contributed by atoms with Gasteiger partial charge in [0, 0.05) is 18.0 Å². The zero-order chi connectivity index (χ0) is 23.4. The summed E-state index contributed by atoms with van der Waals surface area (Å²) in [7, 11) is 0. The predicted octanol–water partition coefficient (Wildman–Crippen LogP) is 4.16. The van der Waals surface area contributed by atoms with Crippen LogP contribution in [0.3, 0.4) is 0 Å². The van der Waals surface area contributed by atoms with E-state index in [4.69, 9.17) is 10.5 Å². The van der Waals surface area contributed by atoms with Crippen molar-refractivity contribution in [3.63, 3.8) is 0 Å². The average Bonchev–Trinajstić information content (AvgIpc) is 3.14. The van der Waals surface area contributed by atoms with Crippen LogP contribution in [-0.4, -0.2) is 35.7 Å². The Morgan fingerprint density at radius 3 is 1.97 bits per heavy atom. The quantitative estimate of drug-likeness (QED) is 0.542. The maximum absolute atomic E-state index is 13.2. The van der Waals surface area contributed by atoms with Crippen molar-refractivity contribution in [3.05, 3.63) is 90.0 Å². The molecule has 4 rings (SSSR count). The van der Waals surface area contributed by atoms with Crippen LogP contribution in [0.15, 0.2) is 78.9 Å². The molecule has 0 saturated carbocycles. The molecule has 0 aliphatic heterocycles. The molecule has 0 fully saturated rings. The third-order valence-electron chi connectivity index (χ3n) is 5.83. The number of hydrogen-bond acceptors (Lipinski definition) is 4. The fraction of sp³-hybridized carbons (Fsp3) is 0.192. The van der Waals surface area contributed by atoms with E-state index in [0.717, 1.165) is 27.2 Å². The molecule has 33 heavy (non-hydrogen) atoms. The van der Waals surface area contributed by atoms with Crippen LogP contribution >= 0.6 is 0 Å². The molecule has 1 atom stereocenters. The Labute approximate surface area is 191 Å². The van der Waals surface area contributed by atoms with Crippen molar-refractivity contribution in [3.8, 4) is 11.1 Å². The zero-order valence-corrected chi connectivity index (χ0v) is 17.9. The van der Waals surface area contributed by atoms with Crippen LogP contribution in [0.1, 0.15) is 29.9 Å². The number of primary amides is 1. The van der Waals surface area contributed by atoms with Gasteiger partial charge in [0.1, 0.15) is 12.6 Å². The first-order valence-electron chi connectivity index (χ1n) is 10.7. The van der Waals surface area contributed by atoms with Gasteiger partial charge >= 0.3 is 12.1 Å². The number of benzene rings is 3. The van der Waals surface area contributed by atoms with Gasteiger partial charge in [-0.1, -0.05) is 66.7 Å². The van der Waals surface area contributed by atoms with E-state index in [2.05, 4.69) is 0 Å². The molecule has 0 aromatic heterocycles. The maximum atomic E-state index is 13.2. The lowest BCUT2D eigenvalue weighted by Crippen LogP contribution is -2.46. The summed E-state index contributed by atoms with van der Waals surface area (Å²) in [5.41, 5.74) is 9.89. The third-order valence-corrected chi connectivity index (χ3v) is 5.83. The predicted molar refractivity (Wildman–Crippen MR) is 124 cm³/mol. The van der Waals surface area contributed by atoms with Crippen molar-refractivity contribution >= 4 is 23.7 Å². The van der Waals surface area contributed by atoms with Gasteiger partial charge in [0.05, 0.1) is 0 Å². The number of nitrogens with zero attached hydrogens (tertiary/aromatic N) is 1. The summed E-state index contributed by atoms with van der Waals surface area (Å²) in [6, 6.07) is 23.0. The van der Waals surface area contributed by atoms with Gasteiger partial charge < -0.3 is 15.6 Å². The van der Waals surface area contributed by atoms with Gasteiger partial charge in [0.15, 0.2) is 0 Å². The number of rotatable bonds is 8. The average molecular weight is 444 g/mol. The van der Waals surface area contributed by atoms with Gasteiger partial charge in [0.2, 0.25) is 5.91 Å². The second-order valence-corrected chi connectivity index (χ2v) is 7.87. The number of anilines is 1. The van der Waals surface area contributed by atoms with Crippen LogP contribution in [0.25, 0.3) is 11.1 Å². The molecule has 7 heteroatoms. The smallest absolute Gasteiger partial charge is 0.415 e. The van der Waals surface area contributed by atoms with E-state index in [1.165, 1.54) is 0 Å². The standard InChI is InChI=1S/C26H24N2O5/c27-24(29)15-14-23(25(30)31)28(17-8-2-1-3-9-17)26(32)33-16-22-20-12-6-4-10-18(20)19-11-5-7-13-21(19)22/h1-13,22-23H,14-16H2,(H2,27,29)(H,30,31). The van der Waals surface area contributed by atoms with Crippen LogP contribution in [-0.2, 0) is 14.3 Å². The van der Waals surface area contributed by atoms with Crippen LogP contribution in [0, 0.1) is 0 Å². The molecule has 168 valence electrons. The van der Waals surface area contributed by atoms with Gasteiger partial charge in [-0.05, 0) is 40.8 Å². The molecule has 1 aliphatic rings.